The van der Waals surface area contributed by atoms with Crippen LogP contribution in [-0.2, 0) is 4.79 Å². The van der Waals surface area contributed by atoms with Crippen LogP contribution in [0.1, 0.15) is 47.0 Å². The van der Waals surface area contributed by atoms with Gasteiger partial charge in [-0.2, -0.15) is 0 Å². The fourth-order valence-corrected chi connectivity index (χ4v) is 1.20. The summed E-state index contributed by atoms with van der Waals surface area (Å²) < 4.78 is 0. The molecule has 0 aromatic carbocycles. The molecule has 0 aliphatic heterocycles. The van der Waals surface area contributed by atoms with Crippen LogP contribution >= 0.6 is 0 Å². The summed E-state index contributed by atoms with van der Waals surface area (Å²) >= 11 is 0. The maximum absolute atomic E-state index is 11.2. The van der Waals surface area contributed by atoms with Gasteiger partial charge in [0, 0.05) is 19.0 Å². The van der Waals surface area contributed by atoms with Crippen molar-refractivity contribution >= 4 is 5.91 Å². The standard InChI is InChI=1S/C11H24N2O/c1-9(5-7-11(2,3)4)13-10(14)6-8-12/h9H,5-8,12H2,1-4H3,(H,13,14). The number of amides is 1. The van der Waals surface area contributed by atoms with E-state index >= 15 is 0 Å². The largest absolute Gasteiger partial charge is 0.354 e. The average molecular weight is 200 g/mol. The number of hydrogen-bond donors (Lipinski definition) is 2. The highest BCUT2D eigenvalue weighted by Crippen LogP contribution is 2.21. The molecule has 0 spiro atoms. The minimum atomic E-state index is 0.0638. The van der Waals surface area contributed by atoms with Crippen molar-refractivity contribution < 1.29 is 4.79 Å². The SMILES string of the molecule is CC(CCC(C)(C)C)NC(=O)CCN. The van der Waals surface area contributed by atoms with Crippen LogP contribution in [0.2, 0.25) is 0 Å². The van der Waals surface area contributed by atoms with Crippen molar-refractivity contribution in [2.24, 2.45) is 11.1 Å². The summed E-state index contributed by atoms with van der Waals surface area (Å²) in [6, 6.07) is 0.258. The van der Waals surface area contributed by atoms with Gasteiger partial charge in [-0.05, 0) is 25.2 Å². The molecule has 0 saturated carbocycles. The lowest BCUT2D eigenvalue weighted by Gasteiger charge is -2.21. The van der Waals surface area contributed by atoms with Crippen molar-refractivity contribution in [3.8, 4) is 0 Å². The Kier molecular flexibility index (Phi) is 5.77. The second-order valence-electron chi connectivity index (χ2n) is 5.11. The second kappa shape index (κ2) is 6.02. The molecule has 0 aliphatic carbocycles. The van der Waals surface area contributed by atoms with E-state index in [1.165, 1.54) is 0 Å². The van der Waals surface area contributed by atoms with Gasteiger partial charge in [-0.3, -0.25) is 4.79 Å². The molecule has 1 amide bonds. The molecule has 84 valence electrons. The van der Waals surface area contributed by atoms with Crippen molar-refractivity contribution in [1.82, 2.24) is 5.32 Å². The Morgan fingerprint density at radius 2 is 2.00 bits per heavy atom. The molecule has 1 unspecified atom stereocenters. The normalized spacial score (nSPS) is 13.8. The number of hydrogen-bond acceptors (Lipinski definition) is 2. The lowest BCUT2D eigenvalue weighted by molar-refractivity contribution is -0.121. The Labute approximate surface area is 87.4 Å². The van der Waals surface area contributed by atoms with E-state index in [2.05, 4.69) is 26.1 Å². The van der Waals surface area contributed by atoms with E-state index in [4.69, 9.17) is 5.73 Å². The summed E-state index contributed by atoms with van der Waals surface area (Å²) in [4.78, 5) is 11.2. The maximum atomic E-state index is 11.2. The first-order chi connectivity index (χ1) is 6.35. The molecule has 14 heavy (non-hydrogen) atoms. The van der Waals surface area contributed by atoms with Crippen LogP contribution in [-0.4, -0.2) is 18.5 Å². The molecule has 0 radical (unpaired) electrons. The first kappa shape index (κ1) is 13.4. The highest BCUT2D eigenvalue weighted by molar-refractivity contribution is 5.76. The molecule has 0 bridgehead atoms. The van der Waals surface area contributed by atoms with Gasteiger partial charge >= 0.3 is 0 Å². The van der Waals surface area contributed by atoms with Gasteiger partial charge in [0.05, 0.1) is 0 Å². The third kappa shape index (κ3) is 8.05. The molecule has 3 heteroatoms. The molecule has 0 rings (SSSR count). The van der Waals surface area contributed by atoms with Crippen LogP contribution < -0.4 is 11.1 Å². The van der Waals surface area contributed by atoms with Gasteiger partial charge in [0.25, 0.3) is 0 Å². The summed E-state index contributed by atoms with van der Waals surface area (Å²) in [7, 11) is 0. The van der Waals surface area contributed by atoms with E-state index < -0.39 is 0 Å². The van der Waals surface area contributed by atoms with Crippen molar-refractivity contribution in [3.63, 3.8) is 0 Å². The molecule has 3 nitrogen and oxygen atoms in total. The van der Waals surface area contributed by atoms with E-state index in [0.29, 0.717) is 18.4 Å². The van der Waals surface area contributed by atoms with Crippen LogP contribution in [0.25, 0.3) is 0 Å². The van der Waals surface area contributed by atoms with Crippen LogP contribution in [0, 0.1) is 5.41 Å². The number of carbonyl (C=O) groups excluding carboxylic acids is 1. The van der Waals surface area contributed by atoms with Gasteiger partial charge in [-0.1, -0.05) is 20.8 Å². The topological polar surface area (TPSA) is 55.1 Å². The third-order valence-corrected chi connectivity index (χ3v) is 2.11. The second-order valence-corrected chi connectivity index (χ2v) is 5.11. The molecule has 0 aromatic heterocycles. The van der Waals surface area contributed by atoms with Crippen LogP contribution in [0.15, 0.2) is 0 Å². The highest BCUT2D eigenvalue weighted by Gasteiger charge is 2.13. The van der Waals surface area contributed by atoms with Crippen LogP contribution in [0.3, 0.4) is 0 Å². The molecule has 0 aromatic rings. The van der Waals surface area contributed by atoms with Gasteiger partial charge in [0.1, 0.15) is 0 Å². The van der Waals surface area contributed by atoms with E-state index in [-0.39, 0.29) is 11.9 Å². The summed E-state index contributed by atoms with van der Waals surface area (Å²) in [5, 5.41) is 2.93. The van der Waals surface area contributed by atoms with E-state index in [0.717, 1.165) is 12.8 Å². The minimum absolute atomic E-state index is 0.0638. The molecular formula is C11H24N2O. The number of nitrogens with one attached hydrogen (secondary N) is 1. The van der Waals surface area contributed by atoms with Gasteiger partial charge in [-0.25, -0.2) is 0 Å². The fraction of sp³-hybridized carbons (Fsp3) is 0.909. The minimum Gasteiger partial charge on any atom is -0.354 e. The van der Waals surface area contributed by atoms with E-state index in [9.17, 15) is 4.79 Å². The number of nitrogens with two attached hydrogens (primary N) is 1. The molecule has 0 fully saturated rings. The summed E-state index contributed by atoms with van der Waals surface area (Å²) in [6.45, 7) is 9.10. The predicted molar refractivity (Wildman–Crippen MR) is 60.0 cm³/mol. The van der Waals surface area contributed by atoms with Gasteiger partial charge in [0.15, 0.2) is 0 Å². The first-order valence-corrected chi connectivity index (χ1v) is 5.34. The van der Waals surface area contributed by atoms with Crippen LogP contribution in [0.4, 0.5) is 0 Å². The summed E-state index contributed by atoms with van der Waals surface area (Å²) in [5.74, 6) is 0.0638. The molecular weight excluding hydrogens is 176 g/mol. The highest BCUT2D eigenvalue weighted by atomic mass is 16.1. The Morgan fingerprint density at radius 1 is 1.43 bits per heavy atom. The summed E-state index contributed by atoms with van der Waals surface area (Å²) in [6.07, 6.45) is 2.58. The van der Waals surface area contributed by atoms with Gasteiger partial charge in [0.2, 0.25) is 5.91 Å². The third-order valence-electron chi connectivity index (χ3n) is 2.11. The fourth-order valence-electron chi connectivity index (χ4n) is 1.20. The predicted octanol–water partition coefficient (Wildman–Crippen LogP) is 1.67. The molecule has 0 saturated heterocycles. The Hall–Kier alpha value is -0.570. The van der Waals surface area contributed by atoms with E-state index in [1.807, 2.05) is 6.92 Å². The molecule has 3 N–H and O–H groups in total. The maximum Gasteiger partial charge on any atom is 0.221 e. The molecule has 0 aliphatic rings. The van der Waals surface area contributed by atoms with Crippen molar-refractivity contribution in [2.75, 3.05) is 6.54 Å². The Bertz CT molecular complexity index is 173. The lowest BCUT2D eigenvalue weighted by atomic mass is 9.89. The van der Waals surface area contributed by atoms with Crippen LogP contribution in [0.5, 0.6) is 0 Å². The molecule has 0 heterocycles. The van der Waals surface area contributed by atoms with Gasteiger partial charge in [-0.15, -0.1) is 0 Å². The Balaban J connectivity index is 3.65. The number of rotatable bonds is 5. The zero-order valence-electron chi connectivity index (χ0n) is 9.89. The summed E-state index contributed by atoms with van der Waals surface area (Å²) in [5.41, 5.74) is 5.63. The monoisotopic (exact) mass is 200 g/mol. The zero-order chi connectivity index (χ0) is 11.2. The lowest BCUT2D eigenvalue weighted by Crippen LogP contribution is -2.34. The van der Waals surface area contributed by atoms with Gasteiger partial charge < -0.3 is 11.1 Å². The van der Waals surface area contributed by atoms with Crippen molar-refractivity contribution in [3.05, 3.63) is 0 Å². The quantitative estimate of drug-likeness (QED) is 0.709. The zero-order valence-corrected chi connectivity index (χ0v) is 9.89. The smallest absolute Gasteiger partial charge is 0.221 e. The van der Waals surface area contributed by atoms with Crippen molar-refractivity contribution in [2.45, 2.75) is 53.0 Å². The Morgan fingerprint density at radius 3 is 2.43 bits per heavy atom. The number of carbonyl (C=O) groups is 1. The first-order valence-electron chi connectivity index (χ1n) is 5.34. The van der Waals surface area contributed by atoms with Crippen molar-refractivity contribution in [1.29, 1.82) is 0 Å². The molecule has 1 atom stereocenters. The average Bonchev–Trinajstić information content (AvgIpc) is 2.00. The van der Waals surface area contributed by atoms with E-state index in [1.54, 1.807) is 0 Å².